The molecular weight excluding hydrogens is 704 g/mol. The van der Waals surface area contributed by atoms with E-state index in [0.717, 1.165) is 27.8 Å². The Bertz CT molecular complexity index is 1650. The minimum absolute atomic E-state index is 0.347. The van der Waals surface area contributed by atoms with Crippen molar-refractivity contribution in [3.8, 4) is 0 Å². The summed E-state index contributed by atoms with van der Waals surface area (Å²) < 4.78 is 71.2. The molecule has 0 N–H and O–H groups in total. The summed E-state index contributed by atoms with van der Waals surface area (Å²) in [6.07, 6.45) is -0.0127. The first kappa shape index (κ1) is 45.5. The van der Waals surface area contributed by atoms with Gasteiger partial charge in [-0.2, -0.15) is 0 Å². The van der Waals surface area contributed by atoms with Crippen LogP contribution in [0.5, 0.6) is 0 Å². The van der Waals surface area contributed by atoms with Crippen LogP contribution >= 0.6 is 0 Å². The quantitative estimate of drug-likeness (QED) is 0.135. The fourth-order valence-corrected chi connectivity index (χ4v) is 5.85. The first-order valence-electron chi connectivity index (χ1n) is 15.3. The molecule has 0 bridgehead atoms. The molecule has 2 aliphatic rings. The van der Waals surface area contributed by atoms with Gasteiger partial charge in [-0.25, -0.2) is 0 Å². The van der Waals surface area contributed by atoms with E-state index in [1.165, 1.54) is 0 Å². The van der Waals surface area contributed by atoms with Crippen LogP contribution in [0.15, 0.2) is 127 Å². The van der Waals surface area contributed by atoms with Gasteiger partial charge in [0.15, 0.2) is 0 Å². The van der Waals surface area contributed by atoms with Crippen LogP contribution in [0.2, 0.25) is 0 Å². The Labute approximate surface area is 311 Å². The Kier molecular flexibility index (Phi) is 24.7. The Hall–Kier alpha value is -4.48. The van der Waals surface area contributed by atoms with Crippen LogP contribution in [-0.2, 0) is 82.6 Å². The SMILES string of the molecule is [C-]#[O+].[C-]#[O+].[C-]#[O+].[C-]#[O+].[C-]#[O+].[Cr]=[C]1C=C(c2ccccc2)[C@@H]2O[C@H](COCc3ccccc3)[C@@H](OCc3ccccc3)[C@H](OCc3ccccc3)[C@H]2O1. The van der Waals surface area contributed by atoms with E-state index in [1.807, 2.05) is 78.9 Å². The van der Waals surface area contributed by atoms with Gasteiger partial charge in [-0.3, -0.25) is 0 Å². The molecule has 1 saturated heterocycles. The standard InChI is InChI=1S/C36H34O5.5CO.Cr/c1-5-13-27(14-6-1)23-37-26-32-34(39-24-28-15-7-2-8-16-28)36(40-25-29-17-9-3-10-18-29)35-33(41-32)31(21-22-38-35)30-19-11-4-12-20-30;5*1-2;/h1-21,32-36H,23-26H2;;;;;;/t32-,33+,34-,35+,36+;;;;;;/m1....../s1. The van der Waals surface area contributed by atoms with Gasteiger partial charge in [0.05, 0.1) is 0 Å². The molecule has 0 radical (unpaired) electrons. The summed E-state index contributed by atoms with van der Waals surface area (Å²) in [4.78, 5) is 0. The molecule has 2 heterocycles. The third kappa shape index (κ3) is 14.3. The van der Waals surface area contributed by atoms with Gasteiger partial charge in [-0.05, 0) is 0 Å². The Morgan fingerprint density at radius 2 is 0.942 bits per heavy atom. The Morgan fingerprint density at radius 3 is 1.40 bits per heavy atom. The molecule has 11 heteroatoms. The van der Waals surface area contributed by atoms with Crippen LogP contribution < -0.4 is 0 Å². The number of hydrogen-bond acceptors (Lipinski definition) is 5. The van der Waals surface area contributed by atoms with E-state index in [1.54, 1.807) is 0 Å². The molecular formula is C41H34CrO10. The first-order valence-corrected chi connectivity index (χ1v) is 16.0. The molecule has 6 rings (SSSR count). The normalized spacial score (nSPS) is 19.3. The second kappa shape index (κ2) is 28.1. The fraction of sp³-hybridized carbons (Fsp3) is 0.220. The van der Waals surface area contributed by atoms with Gasteiger partial charge in [0.25, 0.3) is 0 Å². The molecule has 52 heavy (non-hydrogen) atoms. The van der Waals surface area contributed by atoms with Crippen molar-refractivity contribution in [2.24, 2.45) is 0 Å². The number of benzene rings is 4. The van der Waals surface area contributed by atoms with Gasteiger partial charge >= 0.3 is 307 Å². The van der Waals surface area contributed by atoms with E-state index in [4.69, 9.17) is 46.9 Å². The van der Waals surface area contributed by atoms with E-state index in [2.05, 4.69) is 97.6 Å². The molecule has 4 aromatic carbocycles. The summed E-state index contributed by atoms with van der Waals surface area (Å²) in [5.74, 6) is 0. The van der Waals surface area contributed by atoms with Crippen molar-refractivity contribution in [1.29, 1.82) is 0 Å². The van der Waals surface area contributed by atoms with E-state index < -0.39 is 24.4 Å². The van der Waals surface area contributed by atoms with Crippen molar-refractivity contribution in [2.75, 3.05) is 6.61 Å². The summed E-state index contributed by atoms with van der Waals surface area (Å²) in [5.41, 5.74) is 5.40. The van der Waals surface area contributed by atoms with Crippen molar-refractivity contribution in [3.63, 3.8) is 0 Å². The maximum absolute atomic E-state index is 7.50. The number of hydrogen-bond donors (Lipinski definition) is 0. The predicted molar refractivity (Wildman–Crippen MR) is 179 cm³/mol. The topological polar surface area (TPSA) is 146 Å². The van der Waals surface area contributed by atoms with Crippen molar-refractivity contribution < 1.29 is 62.8 Å². The first-order chi connectivity index (χ1) is 25.7. The van der Waals surface area contributed by atoms with Crippen molar-refractivity contribution in [2.45, 2.75) is 50.3 Å². The van der Waals surface area contributed by atoms with Crippen molar-refractivity contribution in [1.82, 2.24) is 0 Å². The Morgan fingerprint density at radius 1 is 0.538 bits per heavy atom. The van der Waals surface area contributed by atoms with Crippen LogP contribution in [0.3, 0.4) is 0 Å². The van der Waals surface area contributed by atoms with Gasteiger partial charge in [0, 0.05) is 0 Å². The average Bonchev–Trinajstić information content (AvgIpc) is 3.24. The molecule has 10 nitrogen and oxygen atoms in total. The number of fused-ring (bicyclic) bond motifs is 1. The summed E-state index contributed by atoms with van der Waals surface area (Å²) in [6.45, 7) is 24.2. The number of rotatable bonds is 11. The molecule has 0 amide bonds. The van der Waals surface area contributed by atoms with E-state index in [-0.39, 0.29) is 6.10 Å². The van der Waals surface area contributed by atoms with Crippen LogP contribution in [-0.4, -0.2) is 41.7 Å². The molecule has 5 atom stereocenters. The summed E-state index contributed by atoms with van der Waals surface area (Å²) in [6, 6.07) is 40.8. The summed E-state index contributed by atoms with van der Waals surface area (Å²) in [5, 5.41) is 0. The second-order valence-electron chi connectivity index (χ2n) is 10.5. The molecule has 0 aliphatic carbocycles. The summed E-state index contributed by atoms with van der Waals surface area (Å²) in [7, 11) is 0. The van der Waals surface area contributed by atoms with Crippen LogP contribution in [0.1, 0.15) is 22.3 Å². The molecule has 264 valence electrons. The second-order valence-corrected chi connectivity index (χ2v) is 11.1. The molecule has 2 aliphatic heterocycles. The Balaban J connectivity index is 0.00000125. The van der Waals surface area contributed by atoms with E-state index >= 15 is 0 Å². The molecule has 0 spiro atoms. The predicted octanol–water partition coefficient (Wildman–Crippen LogP) is 6.11. The van der Waals surface area contributed by atoms with Crippen LogP contribution in [0.25, 0.3) is 5.57 Å². The molecule has 0 unspecified atom stereocenters. The third-order valence-electron chi connectivity index (χ3n) is 7.54. The van der Waals surface area contributed by atoms with Gasteiger partial charge in [0.1, 0.15) is 0 Å². The molecule has 1 fully saturated rings. The molecule has 4 aromatic rings. The molecule has 0 saturated carbocycles. The zero-order chi connectivity index (χ0) is 38.6. The zero-order valence-corrected chi connectivity index (χ0v) is 29.1. The fourth-order valence-electron chi connectivity index (χ4n) is 5.48. The van der Waals surface area contributed by atoms with Crippen LogP contribution in [0.4, 0.5) is 0 Å². The average molecular weight is 739 g/mol. The molecule has 0 aromatic heterocycles. The van der Waals surface area contributed by atoms with E-state index in [0.29, 0.717) is 31.0 Å². The van der Waals surface area contributed by atoms with Gasteiger partial charge in [-0.1, -0.05) is 6.07 Å². The van der Waals surface area contributed by atoms with Gasteiger partial charge in [0.2, 0.25) is 0 Å². The van der Waals surface area contributed by atoms with Crippen molar-refractivity contribution in [3.05, 3.63) is 183 Å². The van der Waals surface area contributed by atoms with Crippen LogP contribution in [0, 0.1) is 33.3 Å². The summed E-state index contributed by atoms with van der Waals surface area (Å²) >= 11 is 3.08. The van der Waals surface area contributed by atoms with Gasteiger partial charge in [-0.15, -0.1) is 0 Å². The monoisotopic (exact) mass is 738 g/mol. The zero-order valence-electron chi connectivity index (χ0n) is 27.8. The van der Waals surface area contributed by atoms with Crippen molar-refractivity contribution >= 4 is 10.1 Å². The third-order valence-corrected chi connectivity index (χ3v) is 7.87. The van der Waals surface area contributed by atoms with Gasteiger partial charge < -0.3 is 0 Å². The number of ether oxygens (including phenoxy) is 5. The maximum atomic E-state index is 7.50. The van der Waals surface area contributed by atoms with E-state index in [9.17, 15) is 0 Å². The minimum atomic E-state index is -0.436.